The molecular formula is C15H18ClFO. The van der Waals surface area contributed by atoms with Gasteiger partial charge >= 0.3 is 0 Å². The second-order valence-electron chi connectivity index (χ2n) is 5.93. The maximum Gasteiger partial charge on any atom is 0.167 e. The molecule has 0 amide bonds. The van der Waals surface area contributed by atoms with Crippen LogP contribution in [0.2, 0.25) is 5.02 Å². The average Bonchev–Trinajstić information content (AvgIpc) is 2.31. The van der Waals surface area contributed by atoms with E-state index in [2.05, 4.69) is 13.8 Å². The van der Waals surface area contributed by atoms with Crippen molar-refractivity contribution in [3.63, 3.8) is 0 Å². The molecule has 0 atom stereocenters. The van der Waals surface area contributed by atoms with Crippen molar-refractivity contribution in [2.24, 2.45) is 11.3 Å². The average molecular weight is 269 g/mol. The van der Waals surface area contributed by atoms with E-state index in [1.165, 1.54) is 18.2 Å². The first-order valence-corrected chi connectivity index (χ1v) is 6.76. The number of benzene rings is 1. The molecule has 0 saturated heterocycles. The van der Waals surface area contributed by atoms with Crippen molar-refractivity contribution in [3.05, 3.63) is 34.6 Å². The zero-order valence-corrected chi connectivity index (χ0v) is 11.6. The maximum absolute atomic E-state index is 13.2. The number of Topliss-reactive ketones (excluding diaryl/α,β-unsaturated/α-hetero) is 1. The van der Waals surface area contributed by atoms with Gasteiger partial charge in [0, 0.05) is 11.5 Å². The van der Waals surface area contributed by atoms with Gasteiger partial charge in [0.1, 0.15) is 5.82 Å². The molecule has 1 saturated carbocycles. The molecule has 1 aromatic carbocycles. The van der Waals surface area contributed by atoms with E-state index in [0.29, 0.717) is 16.0 Å². The second-order valence-corrected chi connectivity index (χ2v) is 6.33. The molecule has 3 heteroatoms. The van der Waals surface area contributed by atoms with E-state index in [-0.39, 0.29) is 11.7 Å². The molecular weight excluding hydrogens is 251 g/mol. The largest absolute Gasteiger partial charge is 0.294 e. The molecule has 0 spiro atoms. The van der Waals surface area contributed by atoms with Gasteiger partial charge < -0.3 is 0 Å². The molecule has 1 nitrogen and oxygen atoms in total. The van der Waals surface area contributed by atoms with Gasteiger partial charge in [-0.1, -0.05) is 25.4 Å². The lowest BCUT2D eigenvalue weighted by Crippen LogP contribution is -2.26. The summed E-state index contributed by atoms with van der Waals surface area (Å²) in [6, 6.07) is 3.99. The van der Waals surface area contributed by atoms with Gasteiger partial charge in [-0.05, 0) is 49.3 Å². The predicted octanol–water partition coefficient (Wildman–Crippen LogP) is 4.88. The van der Waals surface area contributed by atoms with Crippen LogP contribution in [0.15, 0.2) is 18.2 Å². The van der Waals surface area contributed by atoms with Crippen LogP contribution < -0.4 is 0 Å². The van der Waals surface area contributed by atoms with Gasteiger partial charge in [0.05, 0.1) is 5.02 Å². The van der Waals surface area contributed by atoms with Crippen molar-refractivity contribution < 1.29 is 9.18 Å². The summed E-state index contributed by atoms with van der Waals surface area (Å²) in [5.74, 6) is -0.411. The summed E-state index contributed by atoms with van der Waals surface area (Å²) >= 11 is 5.98. The third-order valence-electron chi connectivity index (χ3n) is 3.90. The lowest BCUT2D eigenvalue weighted by Gasteiger charge is -2.33. The Bertz CT molecular complexity index is 458. The van der Waals surface area contributed by atoms with Crippen molar-refractivity contribution in [3.8, 4) is 0 Å². The van der Waals surface area contributed by atoms with Crippen LogP contribution in [-0.4, -0.2) is 5.78 Å². The third-order valence-corrected chi connectivity index (χ3v) is 4.23. The lowest BCUT2D eigenvalue weighted by atomic mass is 9.71. The van der Waals surface area contributed by atoms with E-state index in [1.807, 2.05) is 0 Å². The zero-order chi connectivity index (χ0) is 13.3. The minimum Gasteiger partial charge on any atom is -0.294 e. The Balaban J connectivity index is 2.15. The summed E-state index contributed by atoms with van der Waals surface area (Å²) in [4.78, 5) is 12.3. The topological polar surface area (TPSA) is 17.1 Å². The number of carbonyl (C=O) groups is 1. The third kappa shape index (κ3) is 2.92. The fraction of sp³-hybridized carbons (Fsp3) is 0.533. The van der Waals surface area contributed by atoms with Gasteiger partial charge in [-0.2, -0.15) is 0 Å². The van der Waals surface area contributed by atoms with Gasteiger partial charge in [-0.25, -0.2) is 4.39 Å². The highest BCUT2D eigenvalue weighted by molar-refractivity contribution is 6.34. The smallest absolute Gasteiger partial charge is 0.167 e. The monoisotopic (exact) mass is 268 g/mol. The molecule has 0 aromatic heterocycles. The Labute approximate surface area is 112 Å². The minimum atomic E-state index is -0.404. The van der Waals surface area contributed by atoms with E-state index in [1.54, 1.807) is 0 Å². The van der Waals surface area contributed by atoms with Crippen LogP contribution in [0.25, 0.3) is 0 Å². The van der Waals surface area contributed by atoms with Gasteiger partial charge in [-0.3, -0.25) is 4.79 Å². The van der Waals surface area contributed by atoms with E-state index < -0.39 is 5.82 Å². The molecule has 18 heavy (non-hydrogen) atoms. The fourth-order valence-corrected chi connectivity index (χ4v) is 2.78. The van der Waals surface area contributed by atoms with E-state index in [9.17, 15) is 9.18 Å². The zero-order valence-electron chi connectivity index (χ0n) is 10.8. The molecule has 2 rings (SSSR count). The summed E-state index contributed by atoms with van der Waals surface area (Å²) in [6.45, 7) is 4.45. The van der Waals surface area contributed by atoms with Crippen molar-refractivity contribution >= 4 is 17.4 Å². The number of ketones is 1. The maximum atomic E-state index is 13.2. The number of hydrogen-bond acceptors (Lipinski definition) is 1. The van der Waals surface area contributed by atoms with Crippen LogP contribution in [0, 0.1) is 17.2 Å². The molecule has 1 aliphatic rings. The first-order valence-electron chi connectivity index (χ1n) is 6.38. The molecule has 0 aliphatic heterocycles. The highest BCUT2D eigenvalue weighted by Gasteiger charge is 2.31. The summed E-state index contributed by atoms with van der Waals surface area (Å²) in [6.07, 6.45) is 3.82. The standard InChI is InChI=1S/C15H18ClFO/c1-15(2)7-5-10(6-8-15)14(18)12-9-11(17)3-4-13(12)16/h3-4,9-10H,5-8H2,1-2H3. The lowest BCUT2D eigenvalue weighted by molar-refractivity contribution is 0.0837. The predicted molar refractivity (Wildman–Crippen MR) is 71.5 cm³/mol. The van der Waals surface area contributed by atoms with Gasteiger partial charge in [-0.15, -0.1) is 0 Å². The van der Waals surface area contributed by atoms with Crippen LogP contribution in [0.1, 0.15) is 49.9 Å². The minimum absolute atomic E-state index is 0.00248. The Morgan fingerprint density at radius 2 is 1.94 bits per heavy atom. The first-order chi connectivity index (χ1) is 8.39. The molecule has 0 unspecified atom stereocenters. The number of halogens is 2. The Hall–Kier alpha value is -0.890. The van der Waals surface area contributed by atoms with Crippen molar-refractivity contribution in [2.45, 2.75) is 39.5 Å². The molecule has 0 N–H and O–H groups in total. The highest BCUT2D eigenvalue weighted by atomic mass is 35.5. The van der Waals surface area contributed by atoms with Crippen LogP contribution >= 0.6 is 11.6 Å². The number of carbonyl (C=O) groups excluding carboxylic acids is 1. The van der Waals surface area contributed by atoms with Crippen LogP contribution in [-0.2, 0) is 0 Å². The summed E-state index contributed by atoms with van der Waals surface area (Å²) in [7, 11) is 0. The van der Waals surface area contributed by atoms with E-state index in [0.717, 1.165) is 25.7 Å². The van der Waals surface area contributed by atoms with Crippen LogP contribution in [0.5, 0.6) is 0 Å². The van der Waals surface area contributed by atoms with Crippen molar-refractivity contribution in [1.82, 2.24) is 0 Å². The van der Waals surface area contributed by atoms with Gasteiger partial charge in [0.25, 0.3) is 0 Å². The van der Waals surface area contributed by atoms with E-state index >= 15 is 0 Å². The molecule has 1 fully saturated rings. The van der Waals surface area contributed by atoms with Gasteiger partial charge in [0.2, 0.25) is 0 Å². The first kappa shape index (κ1) is 13.5. The van der Waals surface area contributed by atoms with Crippen molar-refractivity contribution in [1.29, 1.82) is 0 Å². The molecule has 1 aromatic rings. The Morgan fingerprint density at radius 3 is 2.56 bits per heavy atom. The SMILES string of the molecule is CC1(C)CCC(C(=O)c2cc(F)ccc2Cl)CC1. The quantitative estimate of drug-likeness (QED) is 0.699. The van der Waals surface area contributed by atoms with Crippen LogP contribution in [0.3, 0.4) is 0 Å². The Morgan fingerprint density at radius 1 is 1.33 bits per heavy atom. The molecule has 98 valence electrons. The summed E-state index contributed by atoms with van der Waals surface area (Å²) in [5.41, 5.74) is 0.657. The fourth-order valence-electron chi connectivity index (χ4n) is 2.57. The summed E-state index contributed by atoms with van der Waals surface area (Å²) < 4.78 is 13.2. The van der Waals surface area contributed by atoms with Crippen LogP contribution in [0.4, 0.5) is 4.39 Å². The summed E-state index contributed by atoms with van der Waals surface area (Å²) in [5, 5.41) is 0.353. The normalized spacial score (nSPS) is 19.8. The highest BCUT2D eigenvalue weighted by Crippen LogP contribution is 2.39. The molecule has 0 bridgehead atoms. The Kier molecular flexibility index (Phi) is 3.76. The number of hydrogen-bond donors (Lipinski definition) is 0. The second kappa shape index (κ2) is 5.00. The van der Waals surface area contributed by atoms with Crippen molar-refractivity contribution in [2.75, 3.05) is 0 Å². The van der Waals surface area contributed by atoms with Gasteiger partial charge in [0.15, 0.2) is 5.78 Å². The molecule has 0 heterocycles. The number of rotatable bonds is 2. The molecule has 0 radical (unpaired) electrons. The van der Waals surface area contributed by atoms with E-state index in [4.69, 9.17) is 11.6 Å². The molecule has 1 aliphatic carbocycles.